The summed E-state index contributed by atoms with van der Waals surface area (Å²) >= 11 is 5.99. The van der Waals surface area contributed by atoms with E-state index in [1.54, 1.807) is 7.11 Å². The molecule has 1 aromatic heterocycles. The standard InChI is InChI=1S/C18H17ClN4O/c1-12-9-13(19)7-8-14(12)22-17-10-18(21-11-20-17)23-15-5-3-4-6-16(15)24-2/h3-11H,1-2H3,(H2,20,21,22,23). The van der Waals surface area contributed by atoms with E-state index in [0.29, 0.717) is 16.7 Å². The van der Waals surface area contributed by atoms with Gasteiger partial charge < -0.3 is 15.4 Å². The summed E-state index contributed by atoms with van der Waals surface area (Å²) in [4.78, 5) is 8.51. The summed E-state index contributed by atoms with van der Waals surface area (Å²) < 4.78 is 5.34. The molecule has 24 heavy (non-hydrogen) atoms. The number of halogens is 1. The van der Waals surface area contributed by atoms with E-state index in [0.717, 1.165) is 22.7 Å². The fourth-order valence-corrected chi connectivity index (χ4v) is 2.51. The molecule has 0 spiro atoms. The van der Waals surface area contributed by atoms with Crippen molar-refractivity contribution >= 4 is 34.6 Å². The maximum absolute atomic E-state index is 5.99. The van der Waals surface area contributed by atoms with Gasteiger partial charge in [-0.3, -0.25) is 0 Å². The van der Waals surface area contributed by atoms with Crippen LogP contribution in [0.5, 0.6) is 5.75 Å². The summed E-state index contributed by atoms with van der Waals surface area (Å²) in [7, 11) is 1.64. The molecule has 0 amide bonds. The Morgan fingerprint density at radius 1 is 0.917 bits per heavy atom. The SMILES string of the molecule is COc1ccccc1Nc1cc(Nc2ccc(Cl)cc2C)ncn1. The first-order chi connectivity index (χ1) is 11.7. The lowest BCUT2D eigenvalue weighted by atomic mass is 10.2. The first kappa shape index (κ1) is 16.1. The van der Waals surface area contributed by atoms with E-state index in [1.165, 1.54) is 6.33 Å². The summed E-state index contributed by atoms with van der Waals surface area (Å²) in [6, 6.07) is 15.2. The second-order valence-electron chi connectivity index (χ2n) is 5.20. The van der Waals surface area contributed by atoms with E-state index in [-0.39, 0.29) is 0 Å². The molecule has 6 heteroatoms. The number of rotatable bonds is 5. The van der Waals surface area contributed by atoms with Gasteiger partial charge in [-0.1, -0.05) is 23.7 Å². The molecule has 0 aliphatic heterocycles. The van der Waals surface area contributed by atoms with Crippen LogP contribution >= 0.6 is 11.6 Å². The second kappa shape index (κ2) is 7.19. The number of nitrogens with one attached hydrogen (secondary N) is 2. The third-order valence-corrected chi connectivity index (χ3v) is 3.72. The van der Waals surface area contributed by atoms with Crippen LogP contribution in [0.15, 0.2) is 54.9 Å². The number of aryl methyl sites for hydroxylation is 1. The summed E-state index contributed by atoms with van der Waals surface area (Å²) in [6.07, 6.45) is 1.51. The zero-order valence-electron chi connectivity index (χ0n) is 13.4. The quantitative estimate of drug-likeness (QED) is 0.689. The maximum atomic E-state index is 5.99. The van der Waals surface area contributed by atoms with Crippen LogP contribution in [0.3, 0.4) is 0 Å². The molecule has 2 aromatic carbocycles. The summed E-state index contributed by atoms with van der Waals surface area (Å²) in [5.41, 5.74) is 2.83. The number of hydrogen-bond donors (Lipinski definition) is 2. The molecule has 0 atom stereocenters. The van der Waals surface area contributed by atoms with Gasteiger partial charge in [0.2, 0.25) is 0 Å². The van der Waals surface area contributed by atoms with Gasteiger partial charge in [-0.15, -0.1) is 0 Å². The minimum Gasteiger partial charge on any atom is -0.495 e. The number of nitrogens with zero attached hydrogens (tertiary/aromatic N) is 2. The lowest BCUT2D eigenvalue weighted by Crippen LogP contribution is -2.00. The number of aromatic nitrogens is 2. The Balaban J connectivity index is 1.81. The molecule has 122 valence electrons. The molecule has 0 radical (unpaired) electrons. The Kier molecular flexibility index (Phi) is 4.82. The Hall–Kier alpha value is -2.79. The average molecular weight is 341 g/mol. The average Bonchev–Trinajstić information content (AvgIpc) is 2.58. The van der Waals surface area contributed by atoms with Gasteiger partial charge >= 0.3 is 0 Å². The predicted molar refractivity (Wildman–Crippen MR) is 97.8 cm³/mol. The lowest BCUT2D eigenvalue weighted by molar-refractivity contribution is 0.417. The lowest BCUT2D eigenvalue weighted by Gasteiger charge is -2.12. The van der Waals surface area contributed by atoms with Gasteiger partial charge in [0, 0.05) is 16.8 Å². The largest absolute Gasteiger partial charge is 0.495 e. The number of ether oxygens (including phenoxy) is 1. The van der Waals surface area contributed by atoms with E-state index < -0.39 is 0 Å². The van der Waals surface area contributed by atoms with Crippen molar-refractivity contribution in [2.75, 3.05) is 17.7 Å². The molecular weight excluding hydrogens is 324 g/mol. The summed E-state index contributed by atoms with van der Waals surface area (Å²) in [5, 5.41) is 7.22. The molecule has 0 aliphatic carbocycles. The molecule has 0 aliphatic rings. The van der Waals surface area contributed by atoms with Crippen molar-refractivity contribution in [1.82, 2.24) is 9.97 Å². The fourth-order valence-electron chi connectivity index (χ4n) is 2.29. The van der Waals surface area contributed by atoms with Gasteiger partial charge in [-0.25, -0.2) is 9.97 Å². The Bertz CT molecular complexity index is 854. The van der Waals surface area contributed by atoms with E-state index in [1.807, 2.05) is 55.5 Å². The van der Waals surface area contributed by atoms with E-state index in [2.05, 4.69) is 20.6 Å². The van der Waals surface area contributed by atoms with Crippen LogP contribution in [0.25, 0.3) is 0 Å². The molecule has 5 nitrogen and oxygen atoms in total. The van der Waals surface area contributed by atoms with Crippen LogP contribution in [-0.2, 0) is 0 Å². The van der Waals surface area contributed by atoms with Gasteiger partial charge in [0.05, 0.1) is 12.8 Å². The zero-order chi connectivity index (χ0) is 16.9. The smallest absolute Gasteiger partial charge is 0.142 e. The number of anilines is 4. The first-order valence-electron chi connectivity index (χ1n) is 7.41. The van der Waals surface area contributed by atoms with Crippen molar-refractivity contribution in [1.29, 1.82) is 0 Å². The number of methoxy groups -OCH3 is 1. The van der Waals surface area contributed by atoms with E-state index in [4.69, 9.17) is 16.3 Å². The van der Waals surface area contributed by atoms with Gasteiger partial charge in [0.25, 0.3) is 0 Å². The highest BCUT2D eigenvalue weighted by molar-refractivity contribution is 6.30. The number of benzene rings is 2. The molecule has 0 saturated heterocycles. The van der Waals surface area contributed by atoms with Crippen molar-refractivity contribution in [3.05, 3.63) is 65.4 Å². The first-order valence-corrected chi connectivity index (χ1v) is 7.79. The van der Waals surface area contributed by atoms with Gasteiger partial charge in [0.15, 0.2) is 0 Å². The van der Waals surface area contributed by atoms with Crippen LogP contribution < -0.4 is 15.4 Å². The molecule has 0 bridgehead atoms. The molecule has 3 aromatic rings. The molecule has 0 saturated carbocycles. The molecule has 1 heterocycles. The Morgan fingerprint density at radius 2 is 1.62 bits per heavy atom. The minimum atomic E-state index is 0.670. The maximum Gasteiger partial charge on any atom is 0.142 e. The fraction of sp³-hybridized carbons (Fsp3) is 0.111. The van der Waals surface area contributed by atoms with Crippen LogP contribution in [0.2, 0.25) is 5.02 Å². The van der Waals surface area contributed by atoms with Crippen LogP contribution in [0, 0.1) is 6.92 Å². The van der Waals surface area contributed by atoms with Crippen LogP contribution in [-0.4, -0.2) is 17.1 Å². The Morgan fingerprint density at radius 3 is 2.33 bits per heavy atom. The van der Waals surface area contributed by atoms with Gasteiger partial charge in [-0.2, -0.15) is 0 Å². The molecule has 2 N–H and O–H groups in total. The highest BCUT2D eigenvalue weighted by Crippen LogP contribution is 2.27. The van der Waals surface area contributed by atoms with E-state index in [9.17, 15) is 0 Å². The van der Waals surface area contributed by atoms with Crippen molar-refractivity contribution in [3.63, 3.8) is 0 Å². The Labute approximate surface area is 145 Å². The van der Waals surface area contributed by atoms with Crippen molar-refractivity contribution in [3.8, 4) is 5.75 Å². The number of hydrogen-bond acceptors (Lipinski definition) is 5. The van der Waals surface area contributed by atoms with Crippen molar-refractivity contribution < 1.29 is 4.74 Å². The van der Waals surface area contributed by atoms with Crippen molar-refractivity contribution in [2.24, 2.45) is 0 Å². The monoisotopic (exact) mass is 340 g/mol. The minimum absolute atomic E-state index is 0.670. The number of para-hydroxylation sites is 2. The molecule has 0 fully saturated rings. The van der Waals surface area contributed by atoms with E-state index >= 15 is 0 Å². The highest BCUT2D eigenvalue weighted by atomic mass is 35.5. The molecular formula is C18H17ClN4O. The summed E-state index contributed by atoms with van der Waals surface area (Å²) in [6.45, 7) is 1.99. The van der Waals surface area contributed by atoms with Crippen LogP contribution in [0.1, 0.15) is 5.56 Å². The normalized spacial score (nSPS) is 10.3. The second-order valence-corrected chi connectivity index (χ2v) is 5.63. The summed E-state index contributed by atoms with van der Waals surface area (Å²) in [5.74, 6) is 2.11. The third-order valence-electron chi connectivity index (χ3n) is 3.49. The van der Waals surface area contributed by atoms with Crippen molar-refractivity contribution in [2.45, 2.75) is 6.92 Å². The molecule has 0 unspecified atom stereocenters. The van der Waals surface area contributed by atoms with Gasteiger partial charge in [-0.05, 0) is 42.8 Å². The highest BCUT2D eigenvalue weighted by Gasteiger charge is 2.05. The predicted octanol–water partition coefficient (Wildman–Crippen LogP) is 4.93. The van der Waals surface area contributed by atoms with Gasteiger partial charge in [0.1, 0.15) is 23.7 Å². The zero-order valence-corrected chi connectivity index (χ0v) is 14.1. The van der Waals surface area contributed by atoms with Crippen LogP contribution in [0.4, 0.5) is 23.0 Å². The third kappa shape index (κ3) is 3.75. The topological polar surface area (TPSA) is 59.1 Å². The molecule has 3 rings (SSSR count).